The van der Waals surface area contributed by atoms with Crippen LogP contribution in [0.2, 0.25) is 0 Å². The van der Waals surface area contributed by atoms with Gasteiger partial charge in [0, 0.05) is 29.8 Å². The van der Waals surface area contributed by atoms with Gasteiger partial charge in [-0.1, -0.05) is 20.8 Å². The van der Waals surface area contributed by atoms with Crippen LogP contribution in [0.4, 0.5) is 0 Å². The van der Waals surface area contributed by atoms with E-state index in [-0.39, 0.29) is 22.8 Å². The first-order valence-corrected chi connectivity index (χ1v) is 11.3. The fourth-order valence-electron chi connectivity index (χ4n) is 5.99. The molecule has 2 aromatic carbocycles. The lowest BCUT2D eigenvalue weighted by atomic mass is 9.51. The molecular formula is C26H27N5O. The third-order valence-electron chi connectivity index (χ3n) is 8.31. The Hall–Kier alpha value is -3.28. The summed E-state index contributed by atoms with van der Waals surface area (Å²) >= 11 is 0. The first kappa shape index (κ1) is 19.4. The zero-order chi connectivity index (χ0) is 22.3. The van der Waals surface area contributed by atoms with E-state index in [0.29, 0.717) is 5.56 Å². The van der Waals surface area contributed by atoms with Crippen molar-refractivity contribution < 1.29 is 4.79 Å². The van der Waals surface area contributed by atoms with Gasteiger partial charge in [-0.05, 0) is 66.6 Å². The number of aromatic amines is 1. The van der Waals surface area contributed by atoms with Gasteiger partial charge in [0.25, 0.3) is 5.91 Å². The number of benzene rings is 2. The second-order valence-electron chi connectivity index (χ2n) is 10.2. The number of likely N-dealkylation sites (tertiary alicyclic amines) is 1. The molecule has 1 saturated heterocycles. The van der Waals surface area contributed by atoms with Crippen LogP contribution >= 0.6 is 0 Å². The topological polar surface area (TPSA) is 74.8 Å². The Balaban J connectivity index is 1.45. The van der Waals surface area contributed by atoms with Crippen molar-refractivity contribution in [3.05, 3.63) is 65.2 Å². The standard InChI is InChI=1S/C26H27N5O/c1-15-13-27-21-10-17-11-23-25(2,3)26(4,18(17)12-22(21)30-15)7-8-31(23)24(32)16-5-6-19-20(9-16)29-14-28-19/h5-6,9-10,12-14,23H,7-8,11H2,1-4H3,(H,28,29)/t23-,26+/m1/s1. The number of aromatic nitrogens is 4. The molecule has 1 fully saturated rings. The maximum absolute atomic E-state index is 13.7. The maximum Gasteiger partial charge on any atom is 0.254 e. The SMILES string of the molecule is Cc1cnc2cc3c(cc2n1)[C@]1(C)CCN(C(=O)c2ccc4nc[nH]c4c2)[C@H](C3)C1(C)C. The minimum atomic E-state index is -0.0725. The van der Waals surface area contributed by atoms with Crippen molar-refractivity contribution in [2.45, 2.75) is 52.0 Å². The predicted octanol–water partition coefficient (Wildman–Crippen LogP) is 4.57. The minimum Gasteiger partial charge on any atom is -0.345 e. The van der Waals surface area contributed by atoms with Gasteiger partial charge in [0.05, 0.1) is 34.1 Å². The molecule has 0 radical (unpaired) electrons. The molecular weight excluding hydrogens is 398 g/mol. The summed E-state index contributed by atoms with van der Waals surface area (Å²) in [5.41, 5.74) is 7.88. The van der Waals surface area contributed by atoms with Crippen LogP contribution < -0.4 is 0 Å². The second kappa shape index (κ2) is 6.37. The first-order valence-electron chi connectivity index (χ1n) is 11.3. The number of nitrogens with zero attached hydrogens (tertiary/aromatic N) is 4. The number of carbonyl (C=O) groups is 1. The number of nitrogens with one attached hydrogen (secondary N) is 1. The number of imidazole rings is 1. The van der Waals surface area contributed by atoms with Crippen LogP contribution in [0.15, 0.2) is 42.9 Å². The largest absolute Gasteiger partial charge is 0.345 e. The van der Waals surface area contributed by atoms with Crippen LogP contribution in [0.5, 0.6) is 0 Å². The normalized spacial score (nSPS) is 24.0. The van der Waals surface area contributed by atoms with Gasteiger partial charge in [-0.3, -0.25) is 9.78 Å². The van der Waals surface area contributed by atoms with Crippen molar-refractivity contribution in [3.8, 4) is 0 Å². The van der Waals surface area contributed by atoms with Crippen molar-refractivity contribution in [1.82, 2.24) is 24.8 Å². The number of aryl methyl sites for hydroxylation is 1. The number of hydrogen-bond donors (Lipinski definition) is 1. The van der Waals surface area contributed by atoms with Crippen molar-refractivity contribution in [2.24, 2.45) is 5.41 Å². The molecule has 4 aromatic rings. The van der Waals surface area contributed by atoms with E-state index in [4.69, 9.17) is 4.98 Å². The summed E-state index contributed by atoms with van der Waals surface area (Å²) < 4.78 is 0. The van der Waals surface area contributed by atoms with Gasteiger partial charge >= 0.3 is 0 Å². The first-order chi connectivity index (χ1) is 15.3. The highest BCUT2D eigenvalue weighted by molar-refractivity contribution is 5.97. The van der Waals surface area contributed by atoms with Crippen LogP contribution in [0.25, 0.3) is 22.1 Å². The molecule has 2 aromatic heterocycles. The lowest BCUT2D eigenvalue weighted by Crippen LogP contribution is -2.64. The molecule has 1 aliphatic heterocycles. The maximum atomic E-state index is 13.7. The van der Waals surface area contributed by atoms with Gasteiger partial charge in [-0.15, -0.1) is 0 Å². The zero-order valence-electron chi connectivity index (χ0n) is 18.9. The molecule has 6 rings (SSSR count). The average Bonchev–Trinajstić information content (AvgIpc) is 3.23. The summed E-state index contributed by atoms with van der Waals surface area (Å²) in [6.45, 7) is 9.75. The summed E-state index contributed by atoms with van der Waals surface area (Å²) in [6.07, 6.45) is 5.25. The molecule has 1 amide bonds. The monoisotopic (exact) mass is 425 g/mol. The summed E-state index contributed by atoms with van der Waals surface area (Å²) in [5, 5.41) is 0. The van der Waals surface area contributed by atoms with Crippen LogP contribution in [-0.4, -0.2) is 43.3 Å². The van der Waals surface area contributed by atoms with Gasteiger partial charge in [-0.2, -0.15) is 0 Å². The van der Waals surface area contributed by atoms with Crippen molar-refractivity contribution in [1.29, 1.82) is 0 Å². The van der Waals surface area contributed by atoms with Gasteiger partial charge in [0.2, 0.25) is 0 Å². The van der Waals surface area contributed by atoms with E-state index in [0.717, 1.165) is 47.1 Å². The summed E-state index contributed by atoms with van der Waals surface area (Å²) in [5.74, 6) is 0.0984. The van der Waals surface area contributed by atoms with Crippen molar-refractivity contribution >= 4 is 28.0 Å². The number of rotatable bonds is 1. The Labute approximate surface area is 187 Å². The molecule has 2 atom stereocenters. The van der Waals surface area contributed by atoms with E-state index in [1.54, 1.807) is 6.33 Å². The molecule has 32 heavy (non-hydrogen) atoms. The quantitative estimate of drug-likeness (QED) is 0.485. The molecule has 0 saturated carbocycles. The lowest BCUT2D eigenvalue weighted by Gasteiger charge is -2.60. The number of H-pyrrole nitrogens is 1. The highest BCUT2D eigenvalue weighted by Gasteiger charge is 2.57. The Morgan fingerprint density at radius 2 is 1.94 bits per heavy atom. The van der Waals surface area contributed by atoms with Crippen molar-refractivity contribution in [3.63, 3.8) is 0 Å². The molecule has 1 N–H and O–H groups in total. The van der Waals surface area contributed by atoms with E-state index in [9.17, 15) is 4.79 Å². The zero-order valence-corrected chi connectivity index (χ0v) is 18.9. The second-order valence-corrected chi connectivity index (χ2v) is 10.2. The third-order valence-corrected chi connectivity index (χ3v) is 8.31. The molecule has 0 unspecified atom stereocenters. The predicted molar refractivity (Wildman–Crippen MR) is 125 cm³/mol. The fraction of sp³-hybridized carbons (Fsp3) is 0.385. The van der Waals surface area contributed by atoms with Gasteiger partial charge in [-0.25, -0.2) is 9.97 Å². The van der Waals surface area contributed by atoms with Crippen LogP contribution in [0.3, 0.4) is 0 Å². The highest BCUT2D eigenvalue weighted by Crippen LogP contribution is 2.56. The number of carbonyl (C=O) groups excluding carboxylic acids is 1. The smallest absolute Gasteiger partial charge is 0.254 e. The Kier molecular flexibility index (Phi) is 3.87. The van der Waals surface area contributed by atoms with Crippen LogP contribution in [-0.2, 0) is 11.8 Å². The number of amides is 1. The Bertz CT molecular complexity index is 1400. The van der Waals surface area contributed by atoms with E-state index in [1.165, 1.54) is 11.1 Å². The Morgan fingerprint density at radius 3 is 2.78 bits per heavy atom. The summed E-state index contributed by atoms with van der Waals surface area (Å²) in [4.78, 5) is 32.5. The average molecular weight is 426 g/mol. The van der Waals surface area contributed by atoms with E-state index in [1.807, 2.05) is 31.3 Å². The lowest BCUT2D eigenvalue weighted by molar-refractivity contribution is -0.0261. The summed E-state index contributed by atoms with van der Waals surface area (Å²) in [7, 11) is 0. The Morgan fingerprint density at radius 1 is 1.09 bits per heavy atom. The highest BCUT2D eigenvalue weighted by atomic mass is 16.2. The van der Waals surface area contributed by atoms with Crippen molar-refractivity contribution in [2.75, 3.05) is 6.54 Å². The van der Waals surface area contributed by atoms with E-state index >= 15 is 0 Å². The van der Waals surface area contributed by atoms with Gasteiger partial charge in [0.1, 0.15) is 0 Å². The molecule has 6 heteroatoms. The number of fused-ring (bicyclic) bond motifs is 6. The van der Waals surface area contributed by atoms with E-state index in [2.05, 4.69) is 52.8 Å². The number of piperidine rings is 1. The van der Waals surface area contributed by atoms with Crippen LogP contribution in [0, 0.1) is 12.3 Å². The molecule has 2 bridgehead atoms. The molecule has 2 aliphatic rings. The minimum absolute atomic E-state index is 0.0328. The molecule has 6 nitrogen and oxygen atoms in total. The van der Waals surface area contributed by atoms with Gasteiger partial charge < -0.3 is 9.88 Å². The molecule has 162 valence electrons. The fourth-order valence-corrected chi connectivity index (χ4v) is 5.99. The molecule has 1 aliphatic carbocycles. The third kappa shape index (κ3) is 2.52. The van der Waals surface area contributed by atoms with E-state index < -0.39 is 0 Å². The molecule has 3 heterocycles. The summed E-state index contributed by atoms with van der Waals surface area (Å²) in [6, 6.07) is 10.3. The van der Waals surface area contributed by atoms with Crippen LogP contribution in [0.1, 0.15) is 54.4 Å². The molecule has 0 spiro atoms. The van der Waals surface area contributed by atoms with Gasteiger partial charge in [0.15, 0.2) is 0 Å². The number of hydrogen-bond acceptors (Lipinski definition) is 4.